The van der Waals surface area contributed by atoms with E-state index in [2.05, 4.69) is 10.2 Å². The topological polar surface area (TPSA) is 52.6 Å². The van der Waals surface area contributed by atoms with Gasteiger partial charge in [0.1, 0.15) is 0 Å². The number of rotatable bonds is 1. The number of fused-ring (bicyclic) bond motifs is 1. The lowest BCUT2D eigenvalue weighted by Gasteiger charge is -2.29. The number of nitrogens with one attached hydrogen (secondary N) is 1. The summed E-state index contributed by atoms with van der Waals surface area (Å²) in [5.74, 6) is -0.765. The van der Waals surface area contributed by atoms with E-state index in [9.17, 15) is 4.79 Å². The average Bonchev–Trinajstić information content (AvgIpc) is 2.46. The van der Waals surface area contributed by atoms with Crippen molar-refractivity contribution in [1.29, 1.82) is 0 Å². The van der Waals surface area contributed by atoms with Crippen LogP contribution in [0.25, 0.3) is 0 Å². The van der Waals surface area contributed by atoms with Crippen LogP contribution in [0.4, 0.5) is 0 Å². The van der Waals surface area contributed by atoms with E-state index in [4.69, 9.17) is 5.11 Å². The fraction of sp³-hybridized carbons (Fsp3) is 0.875. The Balaban J connectivity index is 1.98. The third-order valence-electron chi connectivity index (χ3n) is 2.83. The van der Waals surface area contributed by atoms with Crippen LogP contribution in [-0.2, 0) is 4.79 Å². The predicted octanol–water partition coefficient (Wildman–Crippen LogP) is -0.635. The van der Waals surface area contributed by atoms with Crippen LogP contribution in [0.3, 0.4) is 0 Å². The molecule has 2 saturated heterocycles. The second kappa shape index (κ2) is 3.03. The van der Waals surface area contributed by atoms with E-state index in [0.717, 1.165) is 32.6 Å². The third kappa shape index (κ3) is 1.32. The summed E-state index contributed by atoms with van der Waals surface area (Å²) in [6, 6.07) is 0.472. The van der Waals surface area contributed by atoms with Crippen molar-refractivity contribution < 1.29 is 9.90 Å². The monoisotopic (exact) mass is 170 g/mol. The molecule has 2 aliphatic heterocycles. The summed E-state index contributed by atoms with van der Waals surface area (Å²) in [6.07, 6.45) is 0.822. The van der Waals surface area contributed by atoms with Gasteiger partial charge in [0.25, 0.3) is 0 Å². The van der Waals surface area contributed by atoms with Gasteiger partial charge >= 0.3 is 5.97 Å². The van der Waals surface area contributed by atoms with E-state index in [1.807, 2.05) is 0 Å². The molecule has 2 rings (SSSR count). The Morgan fingerprint density at radius 1 is 1.58 bits per heavy atom. The summed E-state index contributed by atoms with van der Waals surface area (Å²) in [6.45, 7) is 3.72. The van der Waals surface area contributed by atoms with Crippen LogP contribution in [0.2, 0.25) is 0 Å². The second-order valence-corrected chi connectivity index (χ2v) is 3.62. The first kappa shape index (κ1) is 8.01. The molecule has 12 heavy (non-hydrogen) atoms. The van der Waals surface area contributed by atoms with Crippen molar-refractivity contribution in [3.8, 4) is 0 Å². The maximum atomic E-state index is 10.7. The molecule has 2 fully saturated rings. The molecule has 4 nitrogen and oxygen atoms in total. The first-order chi connectivity index (χ1) is 5.77. The maximum absolute atomic E-state index is 10.7. The van der Waals surface area contributed by atoms with E-state index in [1.54, 1.807) is 0 Å². The molecule has 0 amide bonds. The minimum absolute atomic E-state index is 0.130. The quantitative estimate of drug-likeness (QED) is 0.550. The van der Waals surface area contributed by atoms with E-state index in [1.165, 1.54) is 0 Å². The summed E-state index contributed by atoms with van der Waals surface area (Å²) in [4.78, 5) is 13.0. The van der Waals surface area contributed by atoms with Crippen molar-refractivity contribution in [2.75, 3.05) is 26.2 Å². The third-order valence-corrected chi connectivity index (χ3v) is 2.83. The van der Waals surface area contributed by atoms with Gasteiger partial charge in [-0.15, -0.1) is 0 Å². The second-order valence-electron chi connectivity index (χ2n) is 3.62. The molecule has 0 aromatic heterocycles. The summed E-state index contributed by atoms with van der Waals surface area (Å²) >= 11 is 0. The lowest BCUT2D eigenvalue weighted by Crippen LogP contribution is -2.47. The zero-order valence-electron chi connectivity index (χ0n) is 6.99. The number of hydrogen-bond acceptors (Lipinski definition) is 3. The Morgan fingerprint density at radius 2 is 2.42 bits per heavy atom. The van der Waals surface area contributed by atoms with Crippen molar-refractivity contribution >= 4 is 5.97 Å². The van der Waals surface area contributed by atoms with Crippen LogP contribution in [0.1, 0.15) is 6.42 Å². The molecule has 2 heterocycles. The Hall–Kier alpha value is -0.610. The molecule has 0 unspecified atom stereocenters. The molecule has 2 atom stereocenters. The van der Waals surface area contributed by atoms with Gasteiger partial charge in [0, 0.05) is 32.2 Å². The largest absolute Gasteiger partial charge is 0.481 e. The number of carboxylic acid groups (broad SMARTS) is 1. The van der Waals surface area contributed by atoms with Gasteiger partial charge in [-0.25, -0.2) is 0 Å². The van der Waals surface area contributed by atoms with Crippen LogP contribution < -0.4 is 5.32 Å². The van der Waals surface area contributed by atoms with Crippen LogP contribution >= 0.6 is 0 Å². The van der Waals surface area contributed by atoms with Crippen molar-refractivity contribution in [3.63, 3.8) is 0 Å². The first-order valence-electron chi connectivity index (χ1n) is 4.45. The van der Waals surface area contributed by atoms with Gasteiger partial charge < -0.3 is 10.4 Å². The lowest BCUT2D eigenvalue weighted by molar-refractivity contribution is -0.141. The zero-order chi connectivity index (χ0) is 8.55. The highest BCUT2D eigenvalue weighted by Gasteiger charge is 2.36. The molecule has 2 aliphatic rings. The number of aliphatic carboxylic acids is 1. The lowest BCUT2D eigenvalue weighted by atomic mass is 10.1. The molecular weight excluding hydrogens is 156 g/mol. The summed E-state index contributed by atoms with van der Waals surface area (Å²) in [7, 11) is 0. The number of carbonyl (C=O) groups is 1. The number of piperazine rings is 1. The molecule has 2 N–H and O–H groups in total. The standard InChI is InChI=1S/C8H14N2O2/c11-8(12)6-3-7-4-9-1-2-10(7)5-6/h6-7,9H,1-5H2,(H,11,12)/t6-,7+/m0/s1. The number of hydrogen-bond donors (Lipinski definition) is 2. The Morgan fingerprint density at radius 3 is 3.08 bits per heavy atom. The summed E-state index contributed by atoms with van der Waals surface area (Å²) in [5, 5.41) is 12.1. The van der Waals surface area contributed by atoms with E-state index < -0.39 is 5.97 Å². The molecule has 0 aromatic rings. The number of nitrogens with zero attached hydrogens (tertiary/aromatic N) is 1. The molecule has 0 aliphatic carbocycles. The van der Waals surface area contributed by atoms with Crippen molar-refractivity contribution in [1.82, 2.24) is 10.2 Å². The van der Waals surface area contributed by atoms with Crippen LogP contribution in [-0.4, -0.2) is 48.2 Å². The maximum Gasteiger partial charge on any atom is 0.307 e. The van der Waals surface area contributed by atoms with Crippen molar-refractivity contribution in [2.45, 2.75) is 12.5 Å². The molecule has 0 saturated carbocycles. The predicted molar refractivity (Wildman–Crippen MR) is 44.0 cm³/mol. The van der Waals surface area contributed by atoms with Gasteiger partial charge in [0.05, 0.1) is 5.92 Å². The van der Waals surface area contributed by atoms with Crippen LogP contribution in [0.15, 0.2) is 0 Å². The van der Waals surface area contributed by atoms with Crippen molar-refractivity contribution in [3.05, 3.63) is 0 Å². The SMILES string of the molecule is O=C(O)[C@H]1C[C@@H]2CNCCN2C1. The van der Waals surface area contributed by atoms with Gasteiger partial charge in [-0.2, -0.15) is 0 Å². The highest BCUT2D eigenvalue weighted by molar-refractivity contribution is 5.70. The molecule has 0 bridgehead atoms. The van der Waals surface area contributed by atoms with Gasteiger partial charge in [-0.3, -0.25) is 9.69 Å². The molecule has 4 heteroatoms. The minimum Gasteiger partial charge on any atom is -0.481 e. The van der Waals surface area contributed by atoms with Gasteiger partial charge in [-0.1, -0.05) is 0 Å². The average molecular weight is 170 g/mol. The van der Waals surface area contributed by atoms with Crippen molar-refractivity contribution in [2.24, 2.45) is 5.92 Å². The fourth-order valence-corrected chi connectivity index (χ4v) is 2.14. The minimum atomic E-state index is -0.635. The first-order valence-corrected chi connectivity index (χ1v) is 4.45. The van der Waals surface area contributed by atoms with Crippen LogP contribution in [0, 0.1) is 5.92 Å². The Bertz CT molecular complexity index is 181. The molecule has 68 valence electrons. The summed E-state index contributed by atoms with van der Waals surface area (Å²) < 4.78 is 0. The molecular formula is C8H14N2O2. The van der Waals surface area contributed by atoms with Gasteiger partial charge in [0.15, 0.2) is 0 Å². The van der Waals surface area contributed by atoms with Gasteiger partial charge in [-0.05, 0) is 6.42 Å². The number of carboxylic acids is 1. The smallest absolute Gasteiger partial charge is 0.307 e. The highest BCUT2D eigenvalue weighted by atomic mass is 16.4. The summed E-state index contributed by atoms with van der Waals surface area (Å²) in [5.41, 5.74) is 0. The van der Waals surface area contributed by atoms with E-state index in [-0.39, 0.29) is 5.92 Å². The Kier molecular flexibility index (Phi) is 2.02. The highest BCUT2D eigenvalue weighted by Crippen LogP contribution is 2.23. The normalized spacial score (nSPS) is 36.3. The molecule has 0 spiro atoms. The Labute approximate surface area is 71.5 Å². The molecule has 0 aromatic carbocycles. The van der Waals surface area contributed by atoms with Gasteiger partial charge in [0.2, 0.25) is 0 Å². The van der Waals surface area contributed by atoms with E-state index in [0.29, 0.717) is 6.04 Å². The molecule has 0 radical (unpaired) electrons. The fourth-order valence-electron chi connectivity index (χ4n) is 2.14. The van der Waals surface area contributed by atoms with E-state index >= 15 is 0 Å². The van der Waals surface area contributed by atoms with Crippen LogP contribution in [0.5, 0.6) is 0 Å². The zero-order valence-corrected chi connectivity index (χ0v) is 6.99.